The Labute approximate surface area is 66.6 Å². The Hall–Kier alpha value is -0.290. The van der Waals surface area contributed by atoms with Crippen LogP contribution < -0.4 is 0 Å². The zero-order valence-corrected chi connectivity index (χ0v) is 7.51. The zero-order chi connectivity index (χ0) is 8.48. The second-order valence-corrected chi connectivity index (χ2v) is 4.65. The van der Waals surface area contributed by atoms with Crippen molar-refractivity contribution in [2.45, 2.75) is 25.6 Å². The summed E-state index contributed by atoms with van der Waals surface area (Å²) in [7, 11) is -2.86. The van der Waals surface area contributed by atoms with E-state index in [9.17, 15) is 4.57 Å². The standard InChI is InChI=1S/C7H11O3P/c1-4-7-5-6(2)9-11(3,8)10-7/h1,6-7H,5H2,2-3H3. The second kappa shape index (κ2) is 2.98. The minimum atomic E-state index is -2.86. The van der Waals surface area contributed by atoms with Crippen molar-refractivity contribution in [3.8, 4) is 12.3 Å². The predicted molar refractivity (Wildman–Crippen MR) is 42.4 cm³/mol. The molecule has 0 aromatic heterocycles. The molecule has 0 spiro atoms. The van der Waals surface area contributed by atoms with Crippen LogP contribution in [0.2, 0.25) is 0 Å². The molecule has 1 rings (SSSR count). The Kier molecular flexibility index (Phi) is 2.39. The van der Waals surface area contributed by atoms with Gasteiger partial charge in [0.25, 0.3) is 0 Å². The number of terminal acetylenes is 1. The van der Waals surface area contributed by atoms with E-state index in [-0.39, 0.29) is 12.2 Å². The molecule has 1 fully saturated rings. The monoisotopic (exact) mass is 174 g/mol. The molecule has 1 aliphatic heterocycles. The number of rotatable bonds is 0. The van der Waals surface area contributed by atoms with Crippen LogP contribution in [0.25, 0.3) is 0 Å². The third kappa shape index (κ3) is 2.34. The van der Waals surface area contributed by atoms with Crippen molar-refractivity contribution in [3.63, 3.8) is 0 Å². The summed E-state index contributed by atoms with van der Waals surface area (Å²) in [6.07, 6.45) is 5.33. The minimum absolute atomic E-state index is 0.0689. The molecule has 1 aliphatic rings. The van der Waals surface area contributed by atoms with Crippen LogP contribution in [-0.2, 0) is 13.6 Å². The topological polar surface area (TPSA) is 35.5 Å². The Balaban J connectivity index is 2.68. The van der Waals surface area contributed by atoms with E-state index in [1.165, 1.54) is 6.66 Å². The highest BCUT2D eigenvalue weighted by Crippen LogP contribution is 2.50. The lowest BCUT2D eigenvalue weighted by Crippen LogP contribution is -2.24. The number of hydrogen-bond acceptors (Lipinski definition) is 3. The molecule has 0 bridgehead atoms. The van der Waals surface area contributed by atoms with E-state index in [0.717, 1.165) is 0 Å². The van der Waals surface area contributed by atoms with Crippen molar-refractivity contribution < 1.29 is 13.6 Å². The average molecular weight is 174 g/mol. The van der Waals surface area contributed by atoms with Crippen molar-refractivity contribution in [2.24, 2.45) is 0 Å². The van der Waals surface area contributed by atoms with E-state index in [1.807, 2.05) is 6.92 Å². The normalized spacial score (nSPS) is 44.8. The molecule has 11 heavy (non-hydrogen) atoms. The van der Waals surface area contributed by atoms with Gasteiger partial charge in [-0.15, -0.1) is 6.42 Å². The summed E-state index contributed by atoms with van der Waals surface area (Å²) in [6.45, 7) is 3.27. The van der Waals surface area contributed by atoms with Crippen molar-refractivity contribution >= 4 is 7.60 Å². The van der Waals surface area contributed by atoms with Crippen LogP contribution in [-0.4, -0.2) is 18.9 Å². The van der Waals surface area contributed by atoms with E-state index < -0.39 is 7.60 Å². The van der Waals surface area contributed by atoms with E-state index in [2.05, 4.69) is 5.92 Å². The van der Waals surface area contributed by atoms with Crippen molar-refractivity contribution in [3.05, 3.63) is 0 Å². The van der Waals surface area contributed by atoms with Gasteiger partial charge >= 0.3 is 7.60 Å². The van der Waals surface area contributed by atoms with Crippen molar-refractivity contribution in [1.29, 1.82) is 0 Å². The Morgan fingerprint density at radius 1 is 1.64 bits per heavy atom. The van der Waals surface area contributed by atoms with Gasteiger partial charge in [-0.1, -0.05) is 5.92 Å². The van der Waals surface area contributed by atoms with Crippen LogP contribution in [0, 0.1) is 12.3 Å². The third-order valence-electron chi connectivity index (χ3n) is 1.42. The van der Waals surface area contributed by atoms with E-state index >= 15 is 0 Å². The fraction of sp³-hybridized carbons (Fsp3) is 0.714. The molecule has 0 aliphatic carbocycles. The van der Waals surface area contributed by atoms with E-state index in [0.29, 0.717) is 6.42 Å². The Bertz CT molecular complexity index is 230. The van der Waals surface area contributed by atoms with Crippen LogP contribution in [0.4, 0.5) is 0 Å². The molecule has 3 atom stereocenters. The lowest BCUT2D eigenvalue weighted by atomic mass is 10.2. The summed E-state index contributed by atoms with van der Waals surface area (Å²) in [5, 5.41) is 0. The van der Waals surface area contributed by atoms with Gasteiger partial charge in [-0.25, -0.2) is 0 Å². The predicted octanol–water partition coefficient (Wildman–Crippen LogP) is 1.64. The van der Waals surface area contributed by atoms with E-state index in [4.69, 9.17) is 15.5 Å². The molecule has 0 saturated carbocycles. The fourth-order valence-corrected chi connectivity index (χ4v) is 2.47. The summed E-state index contributed by atoms with van der Waals surface area (Å²) in [5.74, 6) is 2.42. The average Bonchev–Trinajstić information content (AvgIpc) is 1.83. The Morgan fingerprint density at radius 3 is 2.73 bits per heavy atom. The smallest absolute Gasteiger partial charge is 0.306 e. The first-order chi connectivity index (χ1) is 5.03. The highest BCUT2D eigenvalue weighted by atomic mass is 31.2. The number of hydrogen-bond donors (Lipinski definition) is 0. The maximum Gasteiger partial charge on any atom is 0.329 e. The first-order valence-corrected chi connectivity index (χ1v) is 5.43. The molecule has 0 aromatic rings. The van der Waals surface area contributed by atoms with Crippen molar-refractivity contribution in [1.82, 2.24) is 0 Å². The minimum Gasteiger partial charge on any atom is -0.306 e. The van der Waals surface area contributed by atoms with Crippen LogP contribution in [0.3, 0.4) is 0 Å². The maximum absolute atomic E-state index is 11.3. The molecule has 0 amide bonds. The summed E-state index contributed by atoms with van der Waals surface area (Å²) in [6, 6.07) is 0. The first-order valence-electron chi connectivity index (χ1n) is 3.44. The lowest BCUT2D eigenvalue weighted by molar-refractivity contribution is 0.0681. The highest BCUT2D eigenvalue weighted by molar-refractivity contribution is 7.53. The van der Waals surface area contributed by atoms with Gasteiger partial charge in [-0.2, -0.15) is 0 Å². The lowest BCUT2D eigenvalue weighted by Gasteiger charge is -2.28. The quantitative estimate of drug-likeness (QED) is 0.413. The molecule has 3 nitrogen and oxygen atoms in total. The summed E-state index contributed by atoms with van der Waals surface area (Å²) in [5.41, 5.74) is 0. The Morgan fingerprint density at radius 2 is 2.27 bits per heavy atom. The van der Waals surface area contributed by atoms with Crippen LogP contribution >= 0.6 is 7.60 Å². The molecule has 62 valence electrons. The molecule has 0 radical (unpaired) electrons. The fourth-order valence-electron chi connectivity index (χ4n) is 1.07. The van der Waals surface area contributed by atoms with Gasteiger partial charge in [-0.05, 0) is 6.92 Å². The van der Waals surface area contributed by atoms with Crippen LogP contribution in [0.15, 0.2) is 0 Å². The van der Waals surface area contributed by atoms with Gasteiger partial charge in [0.1, 0.15) is 6.10 Å². The first kappa shape index (κ1) is 8.80. The zero-order valence-electron chi connectivity index (χ0n) is 6.61. The molecule has 0 N–H and O–H groups in total. The molecule has 4 heteroatoms. The van der Waals surface area contributed by atoms with Gasteiger partial charge in [0.2, 0.25) is 0 Å². The summed E-state index contributed by atoms with van der Waals surface area (Å²) in [4.78, 5) is 0. The molecule has 1 heterocycles. The molecular formula is C7H11O3P. The van der Waals surface area contributed by atoms with Crippen LogP contribution in [0.5, 0.6) is 0 Å². The summed E-state index contributed by atoms with van der Waals surface area (Å²) < 4.78 is 21.3. The van der Waals surface area contributed by atoms with Crippen molar-refractivity contribution in [2.75, 3.05) is 6.66 Å². The van der Waals surface area contributed by atoms with Gasteiger partial charge in [0.15, 0.2) is 0 Å². The third-order valence-corrected chi connectivity index (χ3v) is 2.80. The molecule has 3 unspecified atom stereocenters. The SMILES string of the molecule is C#CC1CC(C)OP(C)(=O)O1. The summed E-state index contributed by atoms with van der Waals surface area (Å²) >= 11 is 0. The van der Waals surface area contributed by atoms with Gasteiger partial charge < -0.3 is 4.52 Å². The van der Waals surface area contributed by atoms with Crippen LogP contribution in [0.1, 0.15) is 13.3 Å². The molecule has 1 saturated heterocycles. The molecule has 0 aromatic carbocycles. The second-order valence-electron chi connectivity index (χ2n) is 2.68. The van der Waals surface area contributed by atoms with Gasteiger partial charge in [-0.3, -0.25) is 9.09 Å². The largest absolute Gasteiger partial charge is 0.329 e. The van der Waals surface area contributed by atoms with Gasteiger partial charge in [0, 0.05) is 13.1 Å². The maximum atomic E-state index is 11.3. The van der Waals surface area contributed by atoms with E-state index in [1.54, 1.807) is 0 Å². The highest BCUT2D eigenvalue weighted by Gasteiger charge is 2.31. The van der Waals surface area contributed by atoms with Gasteiger partial charge in [0.05, 0.1) is 6.10 Å². The molecular weight excluding hydrogens is 163 g/mol.